The van der Waals surface area contributed by atoms with Crippen molar-refractivity contribution < 1.29 is 17.9 Å². The minimum atomic E-state index is -3.80. The molecule has 2 aliphatic heterocycles. The fourth-order valence-corrected chi connectivity index (χ4v) is 4.84. The summed E-state index contributed by atoms with van der Waals surface area (Å²) in [5.41, 5.74) is 0.365. The summed E-state index contributed by atoms with van der Waals surface area (Å²) >= 11 is 6.13. The number of imidazole rings is 1. The van der Waals surface area contributed by atoms with Crippen LogP contribution in [0.4, 0.5) is 5.69 Å². The van der Waals surface area contributed by atoms with Gasteiger partial charge in [0.05, 0.1) is 10.7 Å². The number of rotatable bonds is 4. The number of sulfonamides is 1. The van der Waals surface area contributed by atoms with Crippen molar-refractivity contribution in [3.63, 3.8) is 0 Å². The molecule has 1 atom stereocenters. The van der Waals surface area contributed by atoms with E-state index in [1.54, 1.807) is 6.20 Å². The Balaban J connectivity index is 1.49. The van der Waals surface area contributed by atoms with Gasteiger partial charge in [0, 0.05) is 38.0 Å². The number of hydrogen-bond donors (Lipinski definition) is 2. The quantitative estimate of drug-likeness (QED) is 0.813. The number of fused-ring (bicyclic) bond motifs is 2. The molecular formula is C16H17ClN4O4S. The molecule has 1 aromatic heterocycles. The number of nitrogens with zero attached hydrogens (tertiary/aromatic N) is 2. The van der Waals surface area contributed by atoms with Crippen LogP contribution in [0.1, 0.15) is 12.2 Å². The minimum Gasteiger partial charge on any atom is -0.482 e. The van der Waals surface area contributed by atoms with E-state index in [4.69, 9.17) is 16.3 Å². The highest BCUT2D eigenvalue weighted by Gasteiger charge is 2.26. The molecule has 3 heterocycles. The monoisotopic (exact) mass is 396 g/mol. The molecule has 0 unspecified atom stereocenters. The Morgan fingerprint density at radius 2 is 2.27 bits per heavy atom. The first kappa shape index (κ1) is 17.3. The predicted molar refractivity (Wildman–Crippen MR) is 94.8 cm³/mol. The third kappa shape index (κ3) is 3.29. The highest BCUT2D eigenvalue weighted by atomic mass is 35.5. The van der Waals surface area contributed by atoms with Crippen LogP contribution < -0.4 is 14.8 Å². The number of ether oxygens (including phenoxy) is 1. The number of nitrogens with one attached hydrogen (secondary N) is 2. The van der Waals surface area contributed by atoms with Gasteiger partial charge >= 0.3 is 0 Å². The predicted octanol–water partition coefficient (Wildman–Crippen LogP) is 1.41. The second kappa shape index (κ2) is 6.57. The zero-order chi connectivity index (χ0) is 18.3. The molecular weight excluding hydrogens is 380 g/mol. The molecule has 2 N–H and O–H groups in total. The molecule has 8 nitrogen and oxygen atoms in total. The molecule has 26 heavy (non-hydrogen) atoms. The standard InChI is InChI=1S/C16H17ClN4O4S/c17-11-6-12-13(25-9-16(22)20-12)7-14(11)26(23,24)19-8-10-1-3-21-4-2-18-15(21)5-10/h2,4,6-7,10,19H,1,3,5,8-9H2,(H,20,22)/t10-/m0/s1. The van der Waals surface area contributed by atoms with Gasteiger partial charge in [-0.2, -0.15) is 0 Å². The second-order valence-electron chi connectivity index (χ2n) is 6.36. The number of aromatic nitrogens is 2. The minimum absolute atomic E-state index is 0.0289. The third-order valence-corrected chi connectivity index (χ3v) is 6.46. The van der Waals surface area contributed by atoms with E-state index >= 15 is 0 Å². The molecule has 138 valence electrons. The van der Waals surface area contributed by atoms with Crippen molar-refractivity contribution in [3.05, 3.63) is 35.4 Å². The van der Waals surface area contributed by atoms with Crippen molar-refractivity contribution in [1.29, 1.82) is 0 Å². The fraction of sp³-hybridized carbons (Fsp3) is 0.375. The first-order chi connectivity index (χ1) is 12.4. The fourth-order valence-electron chi connectivity index (χ4n) is 3.18. The topological polar surface area (TPSA) is 102 Å². The lowest BCUT2D eigenvalue weighted by Crippen LogP contribution is -2.33. The van der Waals surface area contributed by atoms with Gasteiger partial charge in [0.1, 0.15) is 16.5 Å². The highest BCUT2D eigenvalue weighted by Crippen LogP contribution is 2.35. The van der Waals surface area contributed by atoms with Gasteiger partial charge in [-0.05, 0) is 18.4 Å². The first-order valence-electron chi connectivity index (χ1n) is 8.18. The number of carbonyl (C=O) groups excluding carboxylic acids is 1. The Hall–Kier alpha value is -2.10. The highest BCUT2D eigenvalue weighted by molar-refractivity contribution is 7.89. The van der Waals surface area contributed by atoms with Gasteiger partial charge in [-0.15, -0.1) is 0 Å². The van der Waals surface area contributed by atoms with Crippen LogP contribution in [-0.4, -0.2) is 37.0 Å². The van der Waals surface area contributed by atoms with Crippen molar-refractivity contribution in [2.75, 3.05) is 18.5 Å². The number of amides is 1. The molecule has 1 amide bonds. The Kier molecular flexibility index (Phi) is 4.37. The van der Waals surface area contributed by atoms with E-state index in [2.05, 4.69) is 19.6 Å². The summed E-state index contributed by atoms with van der Waals surface area (Å²) in [5.74, 6) is 1.12. The van der Waals surface area contributed by atoms with Gasteiger partial charge in [0.2, 0.25) is 10.0 Å². The smallest absolute Gasteiger partial charge is 0.262 e. The van der Waals surface area contributed by atoms with Gasteiger partial charge in [-0.3, -0.25) is 4.79 Å². The lowest BCUT2D eigenvalue weighted by atomic mass is 9.98. The van der Waals surface area contributed by atoms with Crippen LogP contribution in [0.25, 0.3) is 0 Å². The van der Waals surface area contributed by atoms with Crippen LogP contribution in [0.5, 0.6) is 5.75 Å². The summed E-state index contributed by atoms with van der Waals surface area (Å²) in [4.78, 5) is 15.6. The largest absolute Gasteiger partial charge is 0.482 e. The SMILES string of the molecule is O=C1COc2cc(S(=O)(=O)NC[C@H]3CCn4ccnc4C3)c(Cl)cc2N1. The van der Waals surface area contributed by atoms with Crippen molar-refractivity contribution in [2.24, 2.45) is 5.92 Å². The van der Waals surface area contributed by atoms with Gasteiger partial charge in [0.15, 0.2) is 6.61 Å². The summed E-state index contributed by atoms with van der Waals surface area (Å²) in [6.45, 7) is 0.978. The Morgan fingerprint density at radius 1 is 1.42 bits per heavy atom. The summed E-state index contributed by atoms with van der Waals surface area (Å²) in [5, 5.41) is 2.63. The van der Waals surface area contributed by atoms with Crippen LogP contribution in [0.3, 0.4) is 0 Å². The number of aryl methyl sites for hydroxylation is 1. The molecule has 1 aromatic carbocycles. The van der Waals surface area contributed by atoms with Crippen LogP contribution >= 0.6 is 11.6 Å². The van der Waals surface area contributed by atoms with Crippen molar-refractivity contribution >= 4 is 33.2 Å². The van der Waals surface area contributed by atoms with Crippen LogP contribution in [0.15, 0.2) is 29.4 Å². The normalized spacial score (nSPS) is 19.3. The molecule has 0 bridgehead atoms. The molecule has 4 rings (SSSR count). The lowest BCUT2D eigenvalue weighted by molar-refractivity contribution is -0.118. The van der Waals surface area contributed by atoms with Gasteiger partial charge in [0.25, 0.3) is 5.91 Å². The van der Waals surface area contributed by atoms with Crippen LogP contribution in [0.2, 0.25) is 5.02 Å². The number of hydrogen-bond acceptors (Lipinski definition) is 5. The summed E-state index contributed by atoms with van der Waals surface area (Å²) in [7, 11) is -3.80. The van der Waals surface area contributed by atoms with Gasteiger partial charge in [-0.1, -0.05) is 11.6 Å². The zero-order valence-corrected chi connectivity index (χ0v) is 15.3. The van der Waals surface area contributed by atoms with E-state index in [0.717, 1.165) is 25.2 Å². The van der Waals surface area contributed by atoms with Crippen molar-refractivity contribution in [3.8, 4) is 5.75 Å². The summed E-state index contributed by atoms with van der Waals surface area (Å²) < 4.78 is 35.4. The summed E-state index contributed by atoms with van der Waals surface area (Å²) in [6, 6.07) is 2.73. The summed E-state index contributed by atoms with van der Waals surface area (Å²) in [6.07, 6.45) is 5.29. The molecule has 0 saturated carbocycles. The molecule has 0 saturated heterocycles. The Bertz CT molecular complexity index is 973. The number of carbonyl (C=O) groups is 1. The average Bonchev–Trinajstić information content (AvgIpc) is 3.07. The van der Waals surface area contributed by atoms with Crippen LogP contribution in [-0.2, 0) is 27.8 Å². The van der Waals surface area contributed by atoms with Gasteiger partial charge in [-0.25, -0.2) is 18.1 Å². The van der Waals surface area contributed by atoms with Crippen molar-refractivity contribution in [1.82, 2.24) is 14.3 Å². The maximum atomic E-state index is 12.7. The van der Waals surface area contributed by atoms with E-state index in [9.17, 15) is 13.2 Å². The number of benzene rings is 1. The third-order valence-electron chi connectivity index (χ3n) is 4.57. The second-order valence-corrected chi connectivity index (χ2v) is 8.51. The molecule has 0 aliphatic carbocycles. The van der Waals surface area contributed by atoms with Gasteiger partial charge < -0.3 is 14.6 Å². The van der Waals surface area contributed by atoms with E-state index in [-0.39, 0.29) is 34.1 Å². The van der Waals surface area contributed by atoms with E-state index in [1.807, 2.05) is 6.20 Å². The molecule has 0 fully saturated rings. The average molecular weight is 397 g/mol. The van der Waals surface area contributed by atoms with Crippen molar-refractivity contribution in [2.45, 2.75) is 24.3 Å². The van der Waals surface area contributed by atoms with Crippen LogP contribution in [0, 0.1) is 5.92 Å². The molecule has 10 heteroatoms. The molecule has 2 aromatic rings. The lowest BCUT2D eigenvalue weighted by Gasteiger charge is -2.24. The Morgan fingerprint density at radius 3 is 3.12 bits per heavy atom. The number of halogens is 1. The Labute approximate surface area is 155 Å². The molecule has 0 spiro atoms. The zero-order valence-electron chi connectivity index (χ0n) is 13.7. The van der Waals surface area contributed by atoms with E-state index < -0.39 is 10.0 Å². The molecule has 2 aliphatic rings. The van der Waals surface area contributed by atoms with E-state index in [1.165, 1.54) is 12.1 Å². The molecule has 0 radical (unpaired) electrons. The maximum absolute atomic E-state index is 12.7. The van der Waals surface area contributed by atoms with E-state index in [0.29, 0.717) is 12.2 Å². The first-order valence-corrected chi connectivity index (χ1v) is 10.0. The number of anilines is 1. The maximum Gasteiger partial charge on any atom is 0.262 e.